The lowest BCUT2D eigenvalue weighted by molar-refractivity contribution is -0.137. The van der Waals surface area contributed by atoms with E-state index in [4.69, 9.17) is 9.47 Å². The zero-order valence-electron chi connectivity index (χ0n) is 17.5. The summed E-state index contributed by atoms with van der Waals surface area (Å²) >= 11 is 0. The molecule has 1 heterocycles. The Morgan fingerprint density at radius 2 is 1.82 bits per heavy atom. The third-order valence-electron chi connectivity index (χ3n) is 4.41. The lowest BCUT2D eigenvalue weighted by Crippen LogP contribution is -2.27. The number of hydrogen-bond donors (Lipinski definition) is 1. The third-order valence-corrected chi connectivity index (χ3v) is 4.41. The van der Waals surface area contributed by atoms with Gasteiger partial charge in [0.2, 0.25) is 11.1 Å². The van der Waals surface area contributed by atoms with Crippen molar-refractivity contribution in [1.82, 2.24) is 9.78 Å². The molecule has 33 heavy (non-hydrogen) atoms. The normalized spacial score (nSPS) is 11.1. The van der Waals surface area contributed by atoms with Crippen LogP contribution in [0.15, 0.2) is 59.4 Å². The third kappa shape index (κ3) is 5.76. The van der Waals surface area contributed by atoms with Crippen molar-refractivity contribution in [1.29, 1.82) is 0 Å². The molecule has 0 aliphatic rings. The van der Waals surface area contributed by atoms with Gasteiger partial charge in [0.1, 0.15) is 5.75 Å². The van der Waals surface area contributed by atoms with Gasteiger partial charge in [-0.2, -0.15) is 18.3 Å². The van der Waals surface area contributed by atoms with Crippen LogP contribution in [0.5, 0.6) is 5.75 Å². The van der Waals surface area contributed by atoms with Crippen LogP contribution < -0.4 is 15.5 Å². The van der Waals surface area contributed by atoms with Crippen LogP contribution in [0, 0.1) is 6.92 Å². The van der Waals surface area contributed by atoms with Gasteiger partial charge in [0.25, 0.3) is 5.91 Å². The summed E-state index contributed by atoms with van der Waals surface area (Å²) in [7, 11) is 1.46. The summed E-state index contributed by atoms with van der Waals surface area (Å²) in [5.74, 6) is -1.37. The number of ether oxygens (including phenoxy) is 2. The molecule has 0 spiro atoms. The molecule has 0 unspecified atom stereocenters. The molecule has 0 fully saturated rings. The van der Waals surface area contributed by atoms with Gasteiger partial charge in [-0.1, -0.05) is 12.1 Å². The maximum atomic E-state index is 13.0. The number of halogens is 3. The first-order valence-electron chi connectivity index (χ1n) is 9.48. The zero-order chi connectivity index (χ0) is 24.2. The number of nitrogens with zero attached hydrogens (tertiary/aromatic N) is 2. The number of methoxy groups -OCH3 is 1. The largest absolute Gasteiger partial charge is 0.497 e. The number of hydrogen-bond acceptors (Lipinski definition) is 6. The highest BCUT2D eigenvalue weighted by molar-refractivity contribution is 5.94. The van der Waals surface area contributed by atoms with Gasteiger partial charge in [-0.3, -0.25) is 9.59 Å². The Hall–Kier alpha value is -4.15. The molecule has 1 aromatic heterocycles. The first-order chi connectivity index (χ1) is 15.6. The summed E-state index contributed by atoms with van der Waals surface area (Å²) in [5.41, 5.74) is -1.80. The summed E-state index contributed by atoms with van der Waals surface area (Å²) < 4.78 is 50.0. The van der Waals surface area contributed by atoms with Crippen LogP contribution in [0.2, 0.25) is 0 Å². The second-order valence-corrected chi connectivity index (χ2v) is 6.81. The fraction of sp³-hybridized carbons (Fsp3) is 0.182. The molecule has 0 atom stereocenters. The van der Waals surface area contributed by atoms with E-state index in [0.29, 0.717) is 11.4 Å². The van der Waals surface area contributed by atoms with Gasteiger partial charge in [-0.25, -0.2) is 9.48 Å². The molecule has 8 nitrogen and oxygen atoms in total. The molecule has 1 N–H and O–H groups in total. The number of carbonyl (C=O) groups is 2. The molecule has 3 rings (SSSR count). The van der Waals surface area contributed by atoms with Gasteiger partial charge in [-0.05, 0) is 37.3 Å². The topological polar surface area (TPSA) is 99.5 Å². The number of aryl methyl sites for hydroxylation is 1. The van der Waals surface area contributed by atoms with Crippen molar-refractivity contribution in [3.8, 4) is 11.4 Å². The molecular weight excluding hydrogens is 443 g/mol. The first kappa shape index (κ1) is 23.5. The number of alkyl halides is 3. The van der Waals surface area contributed by atoms with E-state index < -0.39 is 41.3 Å². The molecule has 0 aliphatic carbocycles. The van der Waals surface area contributed by atoms with Crippen LogP contribution >= 0.6 is 0 Å². The predicted molar refractivity (Wildman–Crippen MR) is 111 cm³/mol. The van der Waals surface area contributed by atoms with Crippen LogP contribution in [0.1, 0.15) is 21.7 Å². The van der Waals surface area contributed by atoms with E-state index in [1.165, 1.54) is 26.2 Å². The number of amides is 1. The highest BCUT2D eigenvalue weighted by atomic mass is 19.4. The van der Waals surface area contributed by atoms with Crippen molar-refractivity contribution in [2.75, 3.05) is 19.0 Å². The van der Waals surface area contributed by atoms with Crippen LogP contribution in [0.4, 0.5) is 18.9 Å². The minimum Gasteiger partial charge on any atom is -0.497 e. The minimum absolute atomic E-state index is 0.00728. The SMILES string of the molecule is COc1cccc(NC(=O)COC(=O)c2nn(-c3cccc(C(F)(F)F)c3)c(C)cc2=O)c1. The highest BCUT2D eigenvalue weighted by Crippen LogP contribution is 2.30. The molecule has 172 valence electrons. The minimum atomic E-state index is -4.58. The molecular formula is C22H18F3N3O5. The number of esters is 1. The molecule has 0 saturated heterocycles. The molecule has 0 bridgehead atoms. The smallest absolute Gasteiger partial charge is 0.416 e. The second kappa shape index (κ2) is 9.55. The Morgan fingerprint density at radius 3 is 2.52 bits per heavy atom. The molecule has 3 aromatic rings. The summed E-state index contributed by atoms with van der Waals surface area (Å²) in [6, 6.07) is 11.8. The summed E-state index contributed by atoms with van der Waals surface area (Å²) in [5, 5.41) is 6.36. The quantitative estimate of drug-likeness (QED) is 0.565. The van der Waals surface area contributed by atoms with Crippen LogP contribution in [-0.4, -0.2) is 35.4 Å². The Balaban J connectivity index is 1.77. The first-order valence-corrected chi connectivity index (χ1v) is 9.48. The zero-order valence-corrected chi connectivity index (χ0v) is 17.5. The van der Waals surface area contributed by atoms with E-state index in [-0.39, 0.29) is 11.4 Å². The maximum Gasteiger partial charge on any atom is 0.416 e. The molecule has 0 aliphatic heterocycles. The van der Waals surface area contributed by atoms with Gasteiger partial charge < -0.3 is 14.8 Å². The van der Waals surface area contributed by atoms with E-state index in [1.54, 1.807) is 24.3 Å². The van der Waals surface area contributed by atoms with Crippen LogP contribution in [-0.2, 0) is 15.7 Å². The summed E-state index contributed by atoms with van der Waals surface area (Å²) in [4.78, 5) is 36.7. The molecule has 11 heteroatoms. The van der Waals surface area contributed by atoms with Gasteiger partial charge in [0.05, 0.1) is 18.4 Å². The Labute approximate surface area is 185 Å². The van der Waals surface area contributed by atoms with E-state index in [2.05, 4.69) is 10.4 Å². The Kier molecular flexibility index (Phi) is 6.80. The number of nitrogens with one attached hydrogen (secondary N) is 1. The number of benzene rings is 2. The number of anilines is 1. The van der Waals surface area contributed by atoms with E-state index in [1.807, 2.05) is 0 Å². The standard InChI is InChI=1S/C22H18F3N3O5/c1-13-9-18(29)20(27-28(13)16-7-3-5-14(10-16)22(23,24)25)21(31)33-12-19(30)26-15-6-4-8-17(11-15)32-2/h3-11H,12H2,1-2H3,(H,26,30). The van der Waals surface area contributed by atoms with E-state index in [0.717, 1.165) is 22.9 Å². The van der Waals surface area contributed by atoms with Gasteiger partial charge in [0.15, 0.2) is 6.61 Å². The maximum absolute atomic E-state index is 13.0. The Morgan fingerprint density at radius 1 is 1.09 bits per heavy atom. The van der Waals surface area contributed by atoms with Gasteiger partial charge in [-0.15, -0.1) is 0 Å². The highest BCUT2D eigenvalue weighted by Gasteiger charge is 2.30. The fourth-order valence-corrected chi connectivity index (χ4v) is 2.86. The van der Waals surface area contributed by atoms with E-state index >= 15 is 0 Å². The van der Waals surface area contributed by atoms with Crippen molar-refractivity contribution in [3.63, 3.8) is 0 Å². The number of aromatic nitrogens is 2. The molecule has 1 amide bonds. The van der Waals surface area contributed by atoms with Gasteiger partial charge >= 0.3 is 12.1 Å². The number of rotatable bonds is 6. The summed E-state index contributed by atoms with van der Waals surface area (Å²) in [6.45, 7) is 0.736. The Bertz CT molecular complexity index is 1250. The predicted octanol–water partition coefficient (Wildman–Crippen LogP) is 3.36. The van der Waals surface area contributed by atoms with Gasteiger partial charge in [0, 0.05) is 23.5 Å². The summed E-state index contributed by atoms with van der Waals surface area (Å²) in [6.07, 6.45) is -4.58. The monoisotopic (exact) mass is 461 g/mol. The van der Waals surface area contributed by atoms with Crippen molar-refractivity contribution in [2.24, 2.45) is 0 Å². The van der Waals surface area contributed by atoms with Crippen molar-refractivity contribution in [2.45, 2.75) is 13.1 Å². The van der Waals surface area contributed by atoms with Crippen molar-refractivity contribution >= 4 is 17.6 Å². The lowest BCUT2D eigenvalue weighted by atomic mass is 10.2. The molecule has 2 aromatic carbocycles. The number of carbonyl (C=O) groups excluding carboxylic acids is 2. The molecule has 0 saturated carbocycles. The average molecular weight is 461 g/mol. The van der Waals surface area contributed by atoms with E-state index in [9.17, 15) is 27.6 Å². The van der Waals surface area contributed by atoms with Crippen molar-refractivity contribution in [3.05, 3.63) is 81.8 Å². The lowest BCUT2D eigenvalue weighted by Gasteiger charge is -2.13. The second-order valence-electron chi connectivity index (χ2n) is 6.81. The average Bonchev–Trinajstić information content (AvgIpc) is 2.77. The molecule has 0 radical (unpaired) electrons. The van der Waals surface area contributed by atoms with Crippen LogP contribution in [0.25, 0.3) is 5.69 Å². The van der Waals surface area contributed by atoms with Crippen molar-refractivity contribution < 1.29 is 32.2 Å². The van der Waals surface area contributed by atoms with Crippen LogP contribution in [0.3, 0.4) is 0 Å². The fourth-order valence-electron chi connectivity index (χ4n) is 2.86.